The Morgan fingerprint density at radius 1 is 1.07 bits per heavy atom. The molecule has 0 saturated carbocycles. The van der Waals surface area contributed by atoms with E-state index in [0.29, 0.717) is 29.5 Å². The van der Waals surface area contributed by atoms with Crippen LogP contribution in [0.2, 0.25) is 0 Å². The van der Waals surface area contributed by atoms with Gasteiger partial charge in [0.1, 0.15) is 12.3 Å². The molecule has 0 aromatic heterocycles. The summed E-state index contributed by atoms with van der Waals surface area (Å²) < 4.78 is 41.5. The van der Waals surface area contributed by atoms with Gasteiger partial charge in [0.15, 0.2) is 11.5 Å². The summed E-state index contributed by atoms with van der Waals surface area (Å²) in [6.45, 7) is 3.83. The van der Waals surface area contributed by atoms with Crippen molar-refractivity contribution in [2.75, 3.05) is 37.9 Å². The predicted molar refractivity (Wildman–Crippen MR) is 116 cm³/mol. The lowest BCUT2D eigenvalue weighted by atomic mass is 10.1. The van der Waals surface area contributed by atoms with Gasteiger partial charge in [0.25, 0.3) is 0 Å². The number of carbonyl (C=O) groups excluding carboxylic acids is 1. The van der Waals surface area contributed by atoms with E-state index in [1.165, 1.54) is 7.11 Å². The van der Waals surface area contributed by atoms with Crippen molar-refractivity contribution in [2.24, 2.45) is 0 Å². The molecule has 9 heteroatoms. The Morgan fingerprint density at radius 2 is 1.70 bits per heavy atom. The van der Waals surface area contributed by atoms with E-state index in [1.807, 2.05) is 13.0 Å². The number of nitrogens with zero attached hydrogens (tertiary/aromatic N) is 1. The van der Waals surface area contributed by atoms with Crippen molar-refractivity contribution in [2.45, 2.75) is 19.9 Å². The number of carbonyl (C=O) groups is 1. The Kier molecular flexibility index (Phi) is 7.93. The number of benzene rings is 2. The van der Waals surface area contributed by atoms with Gasteiger partial charge in [-0.05, 0) is 55.8 Å². The Bertz CT molecular complexity index is 960. The van der Waals surface area contributed by atoms with Crippen LogP contribution in [0.15, 0.2) is 42.5 Å². The first-order chi connectivity index (χ1) is 14.2. The molecule has 30 heavy (non-hydrogen) atoms. The standard InChI is InChI=1S/C21H28N2O6S/c1-6-29-18-10-8-17(9-11-18)23(30(5,25)26)14-21(24)22-15(2)16-7-12-19(27-3)20(13-16)28-4/h7-13,15H,6,14H2,1-5H3,(H,22,24). The molecule has 0 radical (unpaired) electrons. The van der Waals surface area contributed by atoms with Crippen LogP contribution in [0.1, 0.15) is 25.5 Å². The van der Waals surface area contributed by atoms with Crippen molar-refractivity contribution in [3.63, 3.8) is 0 Å². The van der Waals surface area contributed by atoms with Gasteiger partial charge in [0, 0.05) is 0 Å². The average molecular weight is 437 g/mol. The summed E-state index contributed by atoms with van der Waals surface area (Å²) in [6.07, 6.45) is 1.06. The number of sulfonamides is 1. The molecular weight excluding hydrogens is 408 g/mol. The molecule has 2 aromatic rings. The molecule has 1 N–H and O–H groups in total. The molecule has 1 atom stereocenters. The number of amides is 1. The van der Waals surface area contributed by atoms with Crippen molar-refractivity contribution >= 4 is 21.6 Å². The second-order valence-electron chi connectivity index (χ2n) is 6.60. The lowest BCUT2D eigenvalue weighted by Crippen LogP contribution is -2.41. The van der Waals surface area contributed by atoms with Gasteiger partial charge in [0.05, 0.1) is 38.8 Å². The number of anilines is 1. The topological polar surface area (TPSA) is 94.2 Å². The third-order valence-corrected chi connectivity index (χ3v) is 5.55. The maximum absolute atomic E-state index is 12.6. The molecule has 0 heterocycles. The van der Waals surface area contributed by atoms with Gasteiger partial charge in [-0.25, -0.2) is 8.42 Å². The monoisotopic (exact) mass is 436 g/mol. The smallest absolute Gasteiger partial charge is 0.241 e. The Hall–Kier alpha value is -2.94. The van der Waals surface area contributed by atoms with Crippen LogP contribution >= 0.6 is 0 Å². The van der Waals surface area contributed by atoms with E-state index in [4.69, 9.17) is 14.2 Å². The van der Waals surface area contributed by atoms with E-state index in [2.05, 4.69) is 5.32 Å². The molecule has 0 bridgehead atoms. The van der Waals surface area contributed by atoms with E-state index in [0.717, 1.165) is 16.1 Å². The molecule has 0 aliphatic rings. The van der Waals surface area contributed by atoms with E-state index >= 15 is 0 Å². The van der Waals surface area contributed by atoms with Crippen molar-refractivity contribution in [3.8, 4) is 17.2 Å². The van der Waals surface area contributed by atoms with Crippen LogP contribution in [-0.4, -0.2) is 48.0 Å². The van der Waals surface area contributed by atoms with Crippen molar-refractivity contribution in [3.05, 3.63) is 48.0 Å². The van der Waals surface area contributed by atoms with Crippen LogP contribution in [0.4, 0.5) is 5.69 Å². The van der Waals surface area contributed by atoms with Gasteiger partial charge >= 0.3 is 0 Å². The van der Waals surface area contributed by atoms with Gasteiger partial charge < -0.3 is 19.5 Å². The molecular formula is C21H28N2O6S. The normalized spacial score (nSPS) is 12.0. The summed E-state index contributed by atoms with van der Waals surface area (Å²) in [6, 6.07) is 11.5. The first-order valence-corrected chi connectivity index (χ1v) is 11.3. The first-order valence-electron chi connectivity index (χ1n) is 9.41. The lowest BCUT2D eigenvalue weighted by Gasteiger charge is -2.23. The number of nitrogens with one attached hydrogen (secondary N) is 1. The molecule has 1 unspecified atom stereocenters. The first kappa shape index (κ1) is 23.3. The van der Waals surface area contributed by atoms with E-state index in [1.54, 1.807) is 50.4 Å². The van der Waals surface area contributed by atoms with Gasteiger partial charge in [-0.2, -0.15) is 0 Å². The molecule has 1 amide bonds. The molecule has 0 spiro atoms. The van der Waals surface area contributed by atoms with Crippen LogP contribution in [0, 0.1) is 0 Å². The van der Waals surface area contributed by atoms with Gasteiger partial charge in [-0.15, -0.1) is 0 Å². The minimum Gasteiger partial charge on any atom is -0.494 e. The minimum atomic E-state index is -3.66. The molecule has 0 fully saturated rings. The number of methoxy groups -OCH3 is 2. The second-order valence-corrected chi connectivity index (χ2v) is 8.51. The Labute approximate surface area is 177 Å². The number of ether oxygens (including phenoxy) is 3. The second kappa shape index (κ2) is 10.2. The van der Waals surface area contributed by atoms with Crippen LogP contribution < -0.4 is 23.8 Å². The summed E-state index contributed by atoms with van der Waals surface area (Å²) in [5, 5.41) is 2.82. The molecule has 8 nitrogen and oxygen atoms in total. The van der Waals surface area contributed by atoms with Crippen LogP contribution in [0.5, 0.6) is 17.2 Å². The molecule has 0 saturated heterocycles. The van der Waals surface area contributed by atoms with Gasteiger partial charge in [0.2, 0.25) is 15.9 Å². The number of hydrogen-bond donors (Lipinski definition) is 1. The van der Waals surface area contributed by atoms with Gasteiger partial charge in [-0.1, -0.05) is 6.07 Å². The van der Waals surface area contributed by atoms with Crippen molar-refractivity contribution < 1.29 is 27.4 Å². The number of rotatable bonds is 10. The van der Waals surface area contributed by atoms with E-state index in [-0.39, 0.29) is 12.6 Å². The largest absolute Gasteiger partial charge is 0.494 e. The molecule has 164 valence electrons. The SMILES string of the molecule is CCOc1ccc(N(CC(=O)NC(C)c2ccc(OC)c(OC)c2)S(C)(=O)=O)cc1. The van der Waals surface area contributed by atoms with Crippen LogP contribution in [-0.2, 0) is 14.8 Å². The third-order valence-electron chi connectivity index (χ3n) is 4.41. The predicted octanol–water partition coefficient (Wildman–Crippen LogP) is 2.75. The summed E-state index contributed by atoms with van der Waals surface area (Å²) in [5.74, 6) is 1.32. The van der Waals surface area contributed by atoms with Gasteiger partial charge in [-0.3, -0.25) is 9.10 Å². The quantitative estimate of drug-likeness (QED) is 0.616. The van der Waals surface area contributed by atoms with Crippen LogP contribution in [0.3, 0.4) is 0 Å². The third kappa shape index (κ3) is 6.03. The van der Waals surface area contributed by atoms with E-state index in [9.17, 15) is 13.2 Å². The summed E-state index contributed by atoms with van der Waals surface area (Å²) >= 11 is 0. The molecule has 2 rings (SSSR count). The summed E-state index contributed by atoms with van der Waals surface area (Å²) in [4.78, 5) is 12.6. The van der Waals surface area contributed by atoms with E-state index < -0.39 is 15.9 Å². The fourth-order valence-corrected chi connectivity index (χ4v) is 3.75. The fraction of sp³-hybridized carbons (Fsp3) is 0.381. The zero-order valence-corrected chi connectivity index (χ0v) is 18.7. The molecule has 0 aliphatic carbocycles. The summed E-state index contributed by atoms with van der Waals surface area (Å²) in [5.41, 5.74) is 1.18. The maximum Gasteiger partial charge on any atom is 0.241 e. The highest BCUT2D eigenvalue weighted by molar-refractivity contribution is 7.92. The molecule has 2 aromatic carbocycles. The Morgan fingerprint density at radius 3 is 2.23 bits per heavy atom. The van der Waals surface area contributed by atoms with Crippen molar-refractivity contribution in [1.82, 2.24) is 5.32 Å². The number of hydrogen-bond acceptors (Lipinski definition) is 6. The van der Waals surface area contributed by atoms with Crippen molar-refractivity contribution in [1.29, 1.82) is 0 Å². The molecule has 0 aliphatic heterocycles. The summed E-state index contributed by atoms with van der Waals surface area (Å²) in [7, 11) is -0.585. The fourth-order valence-electron chi connectivity index (χ4n) is 2.90. The maximum atomic E-state index is 12.6. The highest BCUT2D eigenvalue weighted by Gasteiger charge is 2.22. The highest BCUT2D eigenvalue weighted by atomic mass is 32.2. The van der Waals surface area contributed by atoms with Crippen LogP contribution in [0.25, 0.3) is 0 Å². The average Bonchev–Trinajstić information content (AvgIpc) is 2.71. The zero-order chi connectivity index (χ0) is 22.3. The lowest BCUT2D eigenvalue weighted by molar-refractivity contribution is -0.120. The Balaban J connectivity index is 2.14. The minimum absolute atomic E-state index is 0.343. The highest BCUT2D eigenvalue weighted by Crippen LogP contribution is 2.30. The zero-order valence-electron chi connectivity index (χ0n) is 17.8.